The van der Waals surface area contributed by atoms with Gasteiger partial charge in [0.25, 0.3) is 0 Å². The number of nitrogens with zero attached hydrogens (tertiary/aromatic N) is 3. The lowest BCUT2D eigenvalue weighted by Crippen LogP contribution is -2.36. The zero-order chi connectivity index (χ0) is 17.4. The molecule has 2 heterocycles. The van der Waals surface area contributed by atoms with Gasteiger partial charge in [-0.15, -0.1) is 0 Å². The zero-order valence-corrected chi connectivity index (χ0v) is 15.2. The predicted molar refractivity (Wildman–Crippen MR) is 88.6 cm³/mol. The maximum absolute atomic E-state index is 12.1. The highest BCUT2D eigenvalue weighted by Crippen LogP contribution is 2.27. The molecular weight excluding hydrogens is 318 g/mol. The van der Waals surface area contributed by atoms with Gasteiger partial charge in [-0.05, 0) is 34.1 Å². The first-order valence-corrected chi connectivity index (χ1v) is 8.30. The molecule has 6 nitrogen and oxygen atoms in total. The number of aromatic nitrogens is 2. The first kappa shape index (κ1) is 18.1. The smallest absolute Gasteiger partial charge is 0.410 e. The van der Waals surface area contributed by atoms with Gasteiger partial charge in [0.1, 0.15) is 10.8 Å². The Morgan fingerprint density at radius 1 is 1.52 bits per heavy atom. The van der Waals surface area contributed by atoms with Crippen molar-refractivity contribution in [3.63, 3.8) is 0 Å². The Bertz CT molecular complexity index is 580. The molecule has 0 aliphatic carbocycles. The van der Waals surface area contributed by atoms with Crippen molar-refractivity contribution in [1.82, 2.24) is 14.7 Å². The molecular formula is C16H26ClN3O3. The number of aliphatic hydroxyl groups excluding tert-OH is 1. The first-order valence-electron chi connectivity index (χ1n) is 7.92. The van der Waals surface area contributed by atoms with Crippen LogP contribution in [0.2, 0.25) is 5.15 Å². The molecule has 0 saturated carbocycles. The lowest BCUT2D eigenvalue weighted by Gasteiger charge is -2.25. The molecule has 2 unspecified atom stereocenters. The number of carbonyl (C=O) groups excluding carboxylic acids is 1. The quantitative estimate of drug-likeness (QED) is 0.915. The summed E-state index contributed by atoms with van der Waals surface area (Å²) < 4.78 is 6.99. The summed E-state index contributed by atoms with van der Waals surface area (Å²) in [5.41, 5.74) is 1.20. The summed E-state index contributed by atoms with van der Waals surface area (Å²) in [4.78, 5) is 13.8. The third-order valence-corrected chi connectivity index (χ3v) is 4.58. The van der Waals surface area contributed by atoms with E-state index in [0.29, 0.717) is 24.7 Å². The van der Waals surface area contributed by atoms with E-state index in [0.717, 1.165) is 17.7 Å². The van der Waals surface area contributed by atoms with E-state index in [1.165, 1.54) is 0 Å². The lowest BCUT2D eigenvalue weighted by atomic mass is 9.96. The van der Waals surface area contributed by atoms with Crippen LogP contribution in [0.4, 0.5) is 4.79 Å². The number of aliphatic hydroxyl groups is 1. The lowest BCUT2D eigenvalue weighted by molar-refractivity contribution is 0.0269. The van der Waals surface area contributed by atoms with Gasteiger partial charge < -0.3 is 14.7 Å². The van der Waals surface area contributed by atoms with Crippen LogP contribution in [0.1, 0.15) is 38.4 Å². The Balaban J connectivity index is 1.95. The number of rotatable bonds is 3. The number of hydrogen-bond donors (Lipinski definition) is 1. The van der Waals surface area contributed by atoms with Crippen molar-refractivity contribution in [3.8, 4) is 0 Å². The minimum atomic E-state index is -0.553. The van der Waals surface area contributed by atoms with Crippen molar-refractivity contribution < 1.29 is 14.6 Å². The average molecular weight is 344 g/mol. The van der Waals surface area contributed by atoms with Crippen molar-refractivity contribution in [3.05, 3.63) is 16.4 Å². The van der Waals surface area contributed by atoms with Gasteiger partial charge >= 0.3 is 6.09 Å². The van der Waals surface area contributed by atoms with Crippen molar-refractivity contribution in [2.24, 2.45) is 13.0 Å². The average Bonchev–Trinajstić information content (AvgIpc) is 2.98. The van der Waals surface area contributed by atoms with Crippen LogP contribution < -0.4 is 0 Å². The molecule has 0 bridgehead atoms. The molecule has 1 saturated heterocycles. The fraction of sp³-hybridized carbons (Fsp3) is 0.750. The molecule has 0 radical (unpaired) electrons. The van der Waals surface area contributed by atoms with E-state index >= 15 is 0 Å². The number of carbonyl (C=O) groups is 1. The van der Waals surface area contributed by atoms with Crippen molar-refractivity contribution in [1.29, 1.82) is 0 Å². The SMILES string of the molecule is Cc1nn(C)c(Cl)c1CC(O)C1CCN(C(=O)OC(C)(C)C)C1. The monoisotopic (exact) mass is 343 g/mol. The van der Waals surface area contributed by atoms with Crippen LogP contribution in [0.3, 0.4) is 0 Å². The molecule has 1 amide bonds. The van der Waals surface area contributed by atoms with Crippen molar-refractivity contribution >= 4 is 17.7 Å². The van der Waals surface area contributed by atoms with Crippen LogP contribution in [-0.2, 0) is 18.2 Å². The van der Waals surface area contributed by atoms with Crippen molar-refractivity contribution in [2.45, 2.75) is 52.2 Å². The van der Waals surface area contributed by atoms with E-state index in [1.807, 2.05) is 27.7 Å². The Hall–Kier alpha value is -1.27. The van der Waals surface area contributed by atoms with Gasteiger partial charge in [-0.2, -0.15) is 5.10 Å². The van der Waals surface area contributed by atoms with E-state index in [9.17, 15) is 9.90 Å². The molecule has 0 aromatic carbocycles. The van der Waals surface area contributed by atoms with E-state index in [2.05, 4.69) is 5.10 Å². The number of likely N-dealkylation sites (tertiary alicyclic amines) is 1. The molecule has 130 valence electrons. The van der Waals surface area contributed by atoms with Gasteiger partial charge in [0, 0.05) is 38.0 Å². The molecule has 2 rings (SSSR count). The minimum Gasteiger partial charge on any atom is -0.444 e. The van der Waals surface area contributed by atoms with Gasteiger partial charge in [0.2, 0.25) is 0 Å². The van der Waals surface area contributed by atoms with Crippen LogP contribution >= 0.6 is 11.6 Å². The molecule has 0 spiro atoms. The Morgan fingerprint density at radius 3 is 2.70 bits per heavy atom. The van der Waals surface area contributed by atoms with E-state index in [4.69, 9.17) is 16.3 Å². The Kier molecular flexibility index (Phi) is 5.26. The normalized spacial score (nSPS) is 20.0. The largest absolute Gasteiger partial charge is 0.444 e. The van der Waals surface area contributed by atoms with Gasteiger partial charge in [-0.1, -0.05) is 11.6 Å². The predicted octanol–water partition coefficient (Wildman–Crippen LogP) is 2.54. The highest BCUT2D eigenvalue weighted by Gasteiger charge is 2.34. The number of amides is 1. The van der Waals surface area contributed by atoms with E-state index in [-0.39, 0.29) is 12.0 Å². The summed E-state index contributed by atoms with van der Waals surface area (Å²) in [6.07, 6.45) is 0.341. The molecule has 23 heavy (non-hydrogen) atoms. The van der Waals surface area contributed by atoms with Crippen LogP contribution in [0, 0.1) is 12.8 Å². The second-order valence-corrected chi connectivity index (χ2v) is 7.58. The number of hydrogen-bond acceptors (Lipinski definition) is 4. The summed E-state index contributed by atoms with van der Waals surface area (Å²) in [6.45, 7) is 8.54. The Morgan fingerprint density at radius 2 is 2.17 bits per heavy atom. The molecule has 1 N–H and O–H groups in total. The summed E-state index contributed by atoms with van der Waals surface area (Å²) in [5, 5.41) is 15.3. The molecule has 1 aliphatic rings. The standard InChI is InChI=1S/C16H26ClN3O3/c1-10-12(14(17)19(5)18-10)8-13(21)11-6-7-20(9-11)15(22)23-16(2,3)4/h11,13,21H,6-9H2,1-5H3. The summed E-state index contributed by atoms with van der Waals surface area (Å²) >= 11 is 6.22. The molecule has 1 aromatic rings. The second-order valence-electron chi connectivity index (χ2n) is 7.22. The first-order chi connectivity index (χ1) is 10.6. The van der Waals surface area contributed by atoms with Crippen molar-refractivity contribution in [2.75, 3.05) is 13.1 Å². The highest BCUT2D eigenvalue weighted by molar-refractivity contribution is 6.30. The van der Waals surface area contributed by atoms with Gasteiger partial charge in [0.05, 0.1) is 11.8 Å². The van der Waals surface area contributed by atoms with Crippen LogP contribution in [0.25, 0.3) is 0 Å². The molecule has 1 aliphatic heterocycles. The maximum Gasteiger partial charge on any atom is 0.410 e. The number of halogens is 1. The second kappa shape index (κ2) is 6.69. The summed E-state index contributed by atoms with van der Waals surface area (Å²) in [7, 11) is 1.78. The van der Waals surface area contributed by atoms with Gasteiger partial charge in [0.15, 0.2) is 0 Å². The molecule has 1 aromatic heterocycles. The zero-order valence-electron chi connectivity index (χ0n) is 14.5. The third-order valence-electron chi connectivity index (χ3n) is 4.10. The molecule has 7 heteroatoms. The van der Waals surface area contributed by atoms with Crippen LogP contribution in [0.5, 0.6) is 0 Å². The highest BCUT2D eigenvalue weighted by atomic mass is 35.5. The summed E-state index contributed by atoms with van der Waals surface area (Å²) in [6, 6.07) is 0. The van der Waals surface area contributed by atoms with E-state index in [1.54, 1.807) is 16.6 Å². The van der Waals surface area contributed by atoms with Crippen LogP contribution in [0.15, 0.2) is 0 Å². The molecule has 1 fully saturated rings. The van der Waals surface area contributed by atoms with Crippen LogP contribution in [-0.4, -0.2) is 50.7 Å². The van der Waals surface area contributed by atoms with Gasteiger partial charge in [-0.25, -0.2) is 4.79 Å². The maximum atomic E-state index is 12.1. The fourth-order valence-electron chi connectivity index (χ4n) is 2.88. The van der Waals surface area contributed by atoms with Gasteiger partial charge in [-0.3, -0.25) is 4.68 Å². The Labute approximate surface area is 142 Å². The van der Waals surface area contributed by atoms with E-state index < -0.39 is 11.7 Å². The number of aryl methyl sites for hydroxylation is 2. The topological polar surface area (TPSA) is 67.6 Å². The summed E-state index contributed by atoms with van der Waals surface area (Å²) in [5.74, 6) is 0.0261. The number of ether oxygens (including phenoxy) is 1. The minimum absolute atomic E-state index is 0.0261. The third kappa shape index (κ3) is 4.38. The fourth-order valence-corrected chi connectivity index (χ4v) is 3.13. The molecule has 2 atom stereocenters.